The smallest absolute Gasteiger partial charge is 0.321 e. The number of piperidine rings is 1. The molecule has 35 heavy (non-hydrogen) atoms. The number of nitrogens with one attached hydrogen (secondary N) is 2. The lowest BCUT2D eigenvalue weighted by atomic mass is 9.89. The Hall–Kier alpha value is -3.85. The third-order valence-corrected chi connectivity index (χ3v) is 7.09. The van der Waals surface area contributed by atoms with Gasteiger partial charge in [-0.15, -0.1) is 0 Å². The van der Waals surface area contributed by atoms with E-state index in [9.17, 15) is 9.59 Å². The average Bonchev–Trinajstić information content (AvgIpc) is 3.32. The number of fused-ring (bicyclic) bond motifs is 2. The predicted molar refractivity (Wildman–Crippen MR) is 136 cm³/mol. The third kappa shape index (κ3) is 4.72. The number of hydrogen-bond donors (Lipinski definition) is 3. The van der Waals surface area contributed by atoms with Gasteiger partial charge in [0.05, 0.1) is 5.52 Å². The molecule has 3 aromatic rings. The van der Waals surface area contributed by atoms with E-state index in [4.69, 9.17) is 10.2 Å². The number of likely N-dealkylation sites (tertiary alicyclic amines) is 1. The molecule has 2 aromatic carbocycles. The van der Waals surface area contributed by atoms with E-state index in [0.29, 0.717) is 29.6 Å². The van der Waals surface area contributed by atoms with Crippen LogP contribution in [-0.4, -0.2) is 67.3 Å². The molecule has 0 spiro atoms. The zero-order valence-electron chi connectivity index (χ0n) is 19.9. The highest BCUT2D eigenvalue weighted by atomic mass is 16.5. The Morgan fingerprint density at radius 2 is 1.77 bits per heavy atom. The lowest BCUT2D eigenvalue weighted by molar-refractivity contribution is 0.0706. The Morgan fingerprint density at radius 1 is 1.00 bits per heavy atom. The molecule has 0 bridgehead atoms. The highest BCUT2D eigenvalue weighted by molar-refractivity contribution is 5.95. The molecule has 2 atom stereocenters. The first-order valence-corrected chi connectivity index (χ1v) is 11.8. The number of urea groups is 1. The number of benzene rings is 2. The molecule has 5 rings (SSSR count). The van der Waals surface area contributed by atoms with Crippen LogP contribution in [0.2, 0.25) is 0 Å². The summed E-state index contributed by atoms with van der Waals surface area (Å²) in [6.45, 7) is 3.26. The van der Waals surface area contributed by atoms with E-state index < -0.39 is 5.91 Å². The maximum Gasteiger partial charge on any atom is 0.321 e. The van der Waals surface area contributed by atoms with Crippen LogP contribution in [0.25, 0.3) is 10.9 Å². The maximum atomic E-state index is 12.9. The van der Waals surface area contributed by atoms with Gasteiger partial charge in [-0.05, 0) is 72.9 Å². The molecule has 3 N–H and O–H groups in total. The standard InChI is InChI=1S/C26H30N6O3/c1-30(2)22-8-9-23-18(13-22)5-10-24(28-23)31-12-11-19-14-32(16-20(19)15-31)26(34)27-21-6-3-17(4-7-21)25(33)29-35/h3-10,13,19-20,35H,11-12,14-16H2,1-2H3,(H,27,34)(H,29,33). The van der Waals surface area contributed by atoms with Gasteiger partial charge in [0, 0.05) is 62.6 Å². The number of hydroxylamine groups is 1. The fourth-order valence-electron chi connectivity index (χ4n) is 5.07. The van der Waals surface area contributed by atoms with Crippen LogP contribution in [0.3, 0.4) is 0 Å². The number of nitrogens with zero attached hydrogens (tertiary/aromatic N) is 4. The molecule has 3 heterocycles. The number of pyridine rings is 1. The minimum absolute atomic E-state index is 0.133. The molecular weight excluding hydrogens is 444 g/mol. The predicted octanol–water partition coefficient (Wildman–Crippen LogP) is 3.41. The lowest BCUT2D eigenvalue weighted by Crippen LogP contribution is -2.40. The minimum Gasteiger partial charge on any atom is -0.378 e. The number of anilines is 3. The Bertz CT molecular complexity index is 1250. The van der Waals surface area contributed by atoms with E-state index in [1.807, 2.05) is 19.0 Å². The molecule has 1 aromatic heterocycles. The van der Waals surface area contributed by atoms with Gasteiger partial charge in [-0.25, -0.2) is 15.3 Å². The van der Waals surface area contributed by atoms with Gasteiger partial charge in [-0.3, -0.25) is 10.0 Å². The first-order valence-electron chi connectivity index (χ1n) is 11.8. The second kappa shape index (κ2) is 9.42. The SMILES string of the molecule is CN(C)c1ccc2nc(N3CCC4CN(C(=O)Nc5ccc(C(=O)NO)cc5)CC4C3)ccc2c1. The third-order valence-electron chi connectivity index (χ3n) is 7.09. The van der Waals surface area contributed by atoms with Gasteiger partial charge in [0.15, 0.2) is 0 Å². The Balaban J connectivity index is 1.21. The van der Waals surface area contributed by atoms with Crippen molar-refractivity contribution in [1.29, 1.82) is 0 Å². The molecular formula is C26H30N6O3. The van der Waals surface area contributed by atoms with E-state index in [1.165, 1.54) is 0 Å². The number of amides is 3. The zero-order valence-corrected chi connectivity index (χ0v) is 19.9. The van der Waals surface area contributed by atoms with Crippen molar-refractivity contribution in [2.45, 2.75) is 6.42 Å². The van der Waals surface area contributed by atoms with E-state index in [1.54, 1.807) is 29.7 Å². The second-order valence-electron chi connectivity index (χ2n) is 9.55. The van der Waals surface area contributed by atoms with Crippen molar-refractivity contribution in [3.8, 4) is 0 Å². The zero-order chi connectivity index (χ0) is 24.5. The monoisotopic (exact) mass is 474 g/mol. The van der Waals surface area contributed by atoms with Crippen LogP contribution in [0.4, 0.5) is 22.0 Å². The Kier molecular flexibility index (Phi) is 6.17. The van der Waals surface area contributed by atoms with Gasteiger partial charge in [-0.1, -0.05) is 0 Å². The van der Waals surface area contributed by atoms with Gasteiger partial charge >= 0.3 is 6.03 Å². The van der Waals surface area contributed by atoms with Crippen molar-refractivity contribution in [1.82, 2.24) is 15.4 Å². The maximum absolute atomic E-state index is 12.9. The molecule has 2 aliphatic rings. The van der Waals surface area contributed by atoms with Crippen molar-refractivity contribution in [3.05, 3.63) is 60.2 Å². The van der Waals surface area contributed by atoms with Gasteiger partial charge in [0.1, 0.15) is 5.82 Å². The van der Waals surface area contributed by atoms with E-state index in [-0.39, 0.29) is 6.03 Å². The number of carbonyl (C=O) groups is 2. The first kappa shape index (κ1) is 22.9. The quantitative estimate of drug-likeness (QED) is 0.396. The van der Waals surface area contributed by atoms with Crippen molar-refractivity contribution in [3.63, 3.8) is 0 Å². The number of carbonyl (C=O) groups excluding carboxylic acids is 2. The summed E-state index contributed by atoms with van der Waals surface area (Å²) in [7, 11) is 4.07. The van der Waals surface area contributed by atoms with Crippen LogP contribution in [0, 0.1) is 11.8 Å². The normalized spacial score (nSPS) is 19.4. The largest absolute Gasteiger partial charge is 0.378 e. The summed E-state index contributed by atoms with van der Waals surface area (Å²) in [4.78, 5) is 35.6. The Morgan fingerprint density at radius 3 is 2.51 bits per heavy atom. The highest BCUT2D eigenvalue weighted by Gasteiger charge is 2.39. The average molecular weight is 475 g/mol. The Labute approximate surface area is 204 Å². The van der Waals surface area contributed by atoms with E-state index in [2.05, 4.69) is 45.4 Å². The minimum atomic E-state index is -0.588. The molecule has 2 unspecified atom stereocenters. The van der Waals surface area contributed by atoms with Gasteiger partial charge in [0.25, 0.3) is 5.91 Å². The van der Waals surface area contributed by atoms with Crippen molar-refractivity contribution >= 4 is 40.0 Å². The summed E-state index contributed by atoms with van der Waals surface area (Å²) in [6.07, 6.45) is 1.03. The molecule has 0 saturated carbocycles. The van der Waals surface area contributed by atoms with Crippen molar-refractivity contribution in [2.24, 2.45) is 11.8 Å². The molecule has 2 saturated heterocycles. The first-order chi connectivity index (χ1) is 16.9. The molecule has 0 aliphatic carbocycles. The number of aromatic nitrogens is 1. The van der Waals surface area contributed by atoms with Crippen LogP contribution >= 0.6 is 0 Å². The fourth-order valence-corrected chi connectivity index (χ4v) is 5.07. The summed E-state index contributed by atoms with van der Waals surface area (Å²) in [5, 5.41) is 12.8. The summed E-state index contributed by atoms with van der Waals surface area (Å²) >= 11 is 0. The van der Waals surface area contributed by atoms with E-state index >= 15 is 0 Å². The van der Waals surface area contributed by atoms with Gasteiger partial charge < -0.3 is 20.0 Å². The highest BCUT2D eigenvalue weighted by Crippen LogP contribution is 2.34. The van der Waals surface area contributed by atoms with Gasteiger partial charge in [0.2, 0.25) is 0 Å². The summed E-state index contributed by atoms with van der Waals surface area (Å²) in [5.41, 5.74) is 4.68. The number of hydrogen-bond acceptors (Lipinski definition) is 6. The molecule has 9 nitrogen and oxygen atoms in total. The molecule has 2 fully saturated rings. The molecule has 9 heteroatoms. The van der Waals surface area contributed by atoms with Crippen LogP contribution in [-0.2, 0) is 0 Å². The fraction of sp³-hybridized carbons (Fsp3) is 0.346. The van der Waals surface area contributed by atoms with Crippen LogP contribution < -0.4 is 20.6 Å². The molecule has 0 radical (unpaired) electrons. The molecule has 2 aliphatic heterocycles. The van der Waals surface area contributed by atoms with Crippen molar-refractivity contribution < 1.29 is 14.8 Å². The summed E-state index contributed by atoms with van der Waals surface area (Å²) in [5.74, 6) is 1.29. The van der Waals surface area contributed by atoms with E-state index in [0.717, 1.165) is 48.5 Å². The topological polar surface area (TPSA) is 101 Å². The lowest BCUT2D eigenvalue weighted by Gasteiger charge is -2.35. The second-order valence-corrected chi connectivity index (χ2v) is 9.55. The summed E-state index contributed by atoms with van der Waals surface area (Å²) in [6, 6.07) is 16.8. The number of rotatable bonds is 4. The molecule has 3 amide bonds. The van der Waals surface area contributed by atoms with Crippen LogP contribution in [0.15, 0.2) is 54.6 Å². The van der Waals surface area contributed by atoms with Gasteiger partial charge in [-0.2, -0.15) is 0 Å². The van der Waals surface area contributed by atoms with Crippen molar-refractivity contribution in [2.75, 3.05) is 55.4 Å². The van der Waals surface area contributed by atoms with Crippen LogP contribution in [0.5, 0.6) is 0 Å². The van der Waals surface area contributed by atoms with Crippen LogP contribution in [0.1, 0.15) is 16.8 Å². The molecule has 182 valence electrons. The summed E-state index contributed by atoms with van der Waals surface area (Å²) < 4.78 is 0.